The van der Waals surface area contributed by atoms with E-state index in [1.165, 1.54) is 0 Å². The average Bonchev–Trinajstić information content (AvgIpc) is 1.85. The molecule has 0 saturated carbocycles. The molecule has 1 nitrogen and oxygen atoms in total. The summed E-state index contributed by atoms with van der Waals surface area (Å²) in [4.78, 5) is 2.19. The molecular formula is C8H16ClN. The highest BCUT2D eigenvalue weighted by molar-refractivity contribution is 5.85. The van der Waals surface area contributed by atoms with Crippen LogP contribution >= 0.6 is 12.4 Å². The van der Waals surface area contributed by atoms with Crippen LogP contribution in [0.4, 0.5) is 0 Å². The van der Waals surface area contributed by atoms with E-state index in [9.17, 15) is 0 Å². The van der Waals surface area contributed by atoms with Crippen molar-refractivity contribution in [3.05, 3.63) is 24.8 Å². The van der Waals surface area contributed by atoms with Gasteiger partial charge in [-0.1, -0.05) is 18.2 Å². The lowest BCUT2D eigenvalue weighted by molar-refractivity contribution is 0.413. The summed E-state index contributed by atoms with van der Waals surface area (Å²) in [6.07, 6.45) is 6.09. The lowest BCUT2D eigenvalue weighted by atomic mass is 10.4. The zero-order valence-corrected chi connectivity index (χ0v) is 7.53. The standard InChI is InChI=1S/C8H15N.ClH/c1-4-6-8-9(3)7-5-2;/h4-6H,2,7-8H2,1,3H3;1H. The zero-order valence-electron chi connectivity index (χ0n) is 6.71. The van der Waals surface area contributed by atoms with Gasteiger partial charge in [0.25, 0.3) is 0 Å². The lowest BCUT2D eigenvalue weighted by Gasteiger charge is -2.09. The molecule has 0 aliphatic carbocycles. The van der Waals surface area contributed by atoms with Crippen LogP contribution in [-0.2, 0) is 0 Å². The second-order valence-electron chi connectivity index (χ2n) is 2.08. The van der Waals surface area contributed by atoms with E-state index in [1.54, 1.807) is 0 Å². The molecule has 0 rings (SSSR count). The van der Waals surface area contributed by atoms with Crippen LogP contribution in [-0.4, -0.2) is 25.0 Å². The van der Waals surface area contributed by atoms with E-state index >= 15 is 0 Å². The van der Waals surface area contributed by atoms with Crippen molar-refractivity contribution in [3.63, 3.8) is 0 Å². The van der Waals surface area contributed by atoms with Crippen LogP contribution in [0.5, 0.6) is 0 Å². The molecule has 2 heteroatoms. The molecule has 0 radical (unpaired) electrons. The van der Waals surface area contributed by atoms with Gasteiger partial charge in [0.15, 0.2) is 0 Å². The van der Waals surface area contributed by atoms with E-state index in [2.05, 4.69) is 30.7 Å². The molecule has 0 atom stereocenters. The van der Waals surface area contributed by atoms with E-state index in [4.69, 9.17) is 0 Å². The van der Waals surface area contributed by atoms with Gasteiger partial charge in [0.1, 0.15) is 0 Å². The van der Waals surface area contributed by atoms with E-state index in [0.717, 1.165) is 13.1 Å². The van der Waals surface area contributed by atoms with Gasteiger partial charge in [-0.15, -0.1) is 19.0 Å². The topological polar surface area (TPSA) is 3.24 Å². The highest BCUT2D eigenvalue weighted by atomic mass is 35.5. The molecule has 0 aliphatic heterocycles. The summed E-state index contributed by atoms with van der Waals surface area (Å²) in [6, 6.07) is 0. The number of rotatable bonds is 4. The van der Waals surface area contributed by atoms with E-state index in [0.29, 0.717) is 0 Å². The molecular weight excluding hydrogens is 146 g/mol. The molecule has 0 spiro atoms. The number of nitrogens with zero attached hydrogens (tertiary/aromatic N) is 1. The molecule has 10 heavy (non-hydrogen) atoms. The summed E-state index contributed by atoms with van der Waals surface area (Å²) in [5.74, 6) is 0. The summed E-state index contributed by atoms with van der Waals surface area (Å²) in [7, 11) is 2.07. The molecule has 0 aromatic rings. The third kappa shape index (κ3) is 7.73. The highest BCUT2D eigenvalue weighted by Gasteiger charge is 1.86. The maximum Gasteiger partial charge on any atom is 0.0163 e. The Balaban J connectivity index is 0. The van der Waals surface area contributed by atoms with Crippen molar-refractivity contribution in [2.24, 2.45) is 0 Å². The Hall–Kier alpha value is -0.270. The van der Waals surface area contributed by atoms with Crippen LogP contribution in [0.25, 0.3) is 0 Å². The van der Waals surface area contributed by atoms with E-state index < -0.39 is 0 Å². The fourth-order valence-electron chi connectivity index (χ4n) is 0.580. The molecule has 0 unspecified atom stereocenters. The third-order valence-electron chi connectivity index (χ3n) is 1.09. The van der Waals surface area contributed by atoms with Crippen LogP contribution in [0.2, 0.25) is 0 Å². The monoisotopic (exact) mass is 161 g/mol. The van der Waals surface area contributed by atoms with Crippen molar-refractivity contribution in [2.45, 2.75) is 6.92 Å². The number of hydrogen-bond acceptors (Lipinski definition) is 1. The normalized spacial score (nSPS) is 9.90. The average molecular weight is 162 g/mol. The van der Waals surface area contributed by atoms with Crippen molar-refractivity contribution in [3.8, 4) is 0 Å². The largest absolute Gasteiger partial charge is 0.299 e. The molecule has 0 bridgehead atoms. The Kier molecular flexibility index (Phi) is 10.8. The molecule has 60 valence electrons. The van der Waals surface area contributed by atoms with Gasteiger partial charge in [-0.2, -0.15) is 0 Å². The predicted molar refractivity (Wildman–Crippen MR) is 49.8 cm³/mol. The van der Waals surface area contributed by atoms with Gasteiger partial charge in [0.05, 0.1) is 0 Å². The SMILES string of the molecule is C=CCN(C)CC=CC.Cl. The number of halogens is 1. The van der Waals surface area contributed by atoms with E-state index in [1.807, 2.05) is 13.0 Å². The molecule has 0 amide bonds. The minimum atomic E-state index is 0. The highest BCUT2D eigenvalue weighted by Crippen LogP contribution is 1.82. The van der Waals surface area contributed by atoms with Crippen molar-refractivity contribution in [1.82, 2.24) is 4.90 Å². The number of hydrogen-bond donors (Lipinski definition) is 0. The number of likely N-dealkylation sites (N-methyl/N-ethyl adjacent to an activating group) is 1. The first-order chi connectivity index (χ1) is 4.31. The predicted octanol–water partition coefficient (Wildman–Crippen LogP) is 2.10. The van der Waals surface area contributed by atoms with Crippen LogP contribution in [0.1, 0.15) is 6.92 Å². The number of allylic oxidation sites excluding steroid dienone is 1. The molecule has 0 aromatic carbocycles. The second-order valence-corrected chi connectivity index (χ2v) is 2.08. The maximum atomic E-state index is 3.64. The van der Waals surface area contributed by atoms with Gasteiger partial charge < -0.3 is 0 Å². The second kappa shape index (κ2) is 8.73. The fourth-order valence-corrected chi connectivity index (χ4v) is 0.580. The minimum Gasteiger partial charge on any atom is -0.299 e. The van der Waals surface area contributed by atoms with E-state index in [-0.39, 0.29) is 12.4 Å². The van der Waals surface area contributed by atoms with Crippen LogP contribution in [0.15, 0.2) is 24.8 Å². The summed E-state index contributed by atoms with van der Waals surface area (Å²) in [5, 5.41) is 0. The first-order valence-corrected chi connectivity index (χ1v) is 3.22. The Morgan fingerprint density at radius 3 is 2.40 bits per heavy atom. The van der Waals surface area contributed by atoms with Gasteiger partial charge in [0.2, 0.25) is 0 Å². The van der Waals surface area contributed by atoms with Gasteiger partial charge >= 0.3 is 0 Å². The van der Waals surface area contributed by atoms with Crippen molar-refractivity contribution >= 4 is 12.4 Å². The van der Waals surface area contributed by atoms with Crippen LogP contribution in [0, 0.1) is 0 Å². The smallest absolute Gasteiger partial charge is 0.0163 e. The molecule has 0 heterocycles. The van der Waals surface area contributed by atoms with Gasteiger partial charge in [-0.05, 0) is 14.0 Å². The molecule has 0 saturated heterocycles. The van der Waals surface area contributed by atoms with Crippen molar-refractivity contribution < 1.29 is 0 Å². The molecule has 0 aromatic heterocycles. The third-order valence-corrected chi connectivity index (χ3v) is 1.09. The fraction of sp³-hybridized carbons (Fsp3) is 0.500. The molecule has 0 aliphatic rings. The lowest BCUT2D eigenvalue weighted by Crippen LogP contribution is -2.17. The summed E-state index contributed by atoms with van der Waals surface area (Å²) in [5.41, 5.74) is 0. The Morgan fingerprint density at radius 2 is 2.00 bits per heavy atom. The van der Waals surface area contributed by atoms with Gasteiger partial charge in [-0.3, -0.25) is 4.90 Å². The molecule has 0 fully saturated rings. The minimum absolute atomic E-state index is 0. The van der Waals surface area contributed by atoms with Gasteiger partial charge in [-0.25, -0.2) is 0 Å². The first-order valence-electron chi connectivity index (χ1n) is 3.22. The quantitative estimate of drug-likeness (QED) is 0.571. The summed E-state index contributed by atoms with van der Waals surface area (Å²) < 4.78 is 0. The van der Waals surface area contributed by atoms with Gasteiger partial charge in [0, 0.05) is 13.1 Å². The Bertz CT molecular complexity index is 99.4. The Labute approximate surface area is 69.8 Å². The maximum absolute atomic E-state index is 3.64. The first kappa shape index (κ1) is 12.4. The van der Waals surface area contributed by atoms with Crippen molar-refractivity contribution in [1.29, 1.82) is 0 Å². The van der Waals surface area contributed by atoms with Crippen LogP contribution < -0.4 is 0 Å². The molecule has 0 N–H and O–H groups in total. The van der Waals surface area contributed by atoms with Crippen molar-refractivity contribution in [2.75, 3.05) is 20.1 Å². The summed E-state index contributed by atoms with van der Waals surface area (Å²) in [6.45, 7) is 7.65. The van der Waals surface area contributed by atoms with Crippen LogP contribution in [0.3, 0.4) is 0 Å². The zero-order chi connectivity index (χ0) is 7.11. The Morgan fingerprint density at radius 1 is 1.40 bits per heavy atom. The summed E-state index contributed by atoms with van der Waals surface area (Å²) >= 11 is 0.